The first-order valence-corrected chi connectivity index (χ1v) is 6.62. The van der Waals surface area contributed by atoms with E-state index in [1.54, 1.807) is 18.2 Å². The van der Waals surface area contributed by atoms with E-state index in [1.807, 2.05) is 0 Å². The molecule has 0 atom stereocenters. The van der Waals surface area contributed by atoms with Crippen LogP contribution in [0.1, 0.15) is 37.0 Å². The molecule has 3 N–H and O–H groups in total. The van der Waals surface area contributed by atoms with Gasteiger partial charge in [-0.15, -0.1) is 0 Å². The van der Waals surface area contributed by atoms with Crippen molar-refractivity contribution in [3.63, 3.8) is 0 Å². The molecule has 0 fully saturated rings. The van der Waals surface area contributed by atoms with Crippen LogP contribution in [0.3, 0.4) is 0 Å². The summed E-state index contributed by atoms with van der Waals surface area (Å²) in [5.74, 6) is -1.04. The molecule has 106 valence electrons. The maximum atomic E-state index is 11.2. The van der Waals surface area contributed by atoms with E-state index in [9.17, 15) is 4.79 Å². The van der Waals surface area contributed by atoms with Crippen molar-refractivity contribution in [2.45, 2.75) is 26.7 Å². The van der Waals surface area contributed by atoms with Crippen LogP contribution in [0.5, 0.6) is 0 Å². The summed E-state index contributed by atoms with van der Waals surface area (Å²) in [6.45, 7) is 4.93. The Hall–Kier alpha value is -1.26. The summed E-state index contributed by atoms with van der Waals surface area (Å²) < 4.78 is 0. The highest BCUT2D eigenvalue weighted by atomic mass is 35.5. The lowest BCUT2D eigenvalue weighted by Crippen LogP contribution is -2.24. The van der Waals surface area contributed by atoms with Crippen molar-refractivity contribution in [1.29, 1.82) is 0 Å². The molecular formula is C14H20ClNO3. The molecular weight excluding hydrogens is 266 g/mol. The van der Waals surface area contributed by atoms with Crippen molar-refractivity contribution in [3.05, 3.63) is 28.8 Å². The van der Waals surface area contributed by atoms with Gasteiger partial charge in [-0.2, -0.15) is 0 Å². The van der Waals surface area contributed by atoms with Crippen LogP contribution in [0, 0.1) is 5.41 Å². The smallest absolute Gasteiger partial charge is 0.339 e. The zero-order chi connectivity index (χ0) is 14.5. The maximum Gasteiger partial charge on any atom is 0.339 e. The number of aliphatic hydroxyl groups is 1. The van der Waals surface area contributed by atoms with Gasteiger partial charge in [-0.05, 0) is 30.4 Å². The Morgan fingerprint density at radius 3 is 2.68 bits per heavy atom. The lowest BCUT2D eigenvalue weighted by molar-refractivity contribution is 0.0698. The number of anilines is 1. The van der Waals surface area contributed by atoms with E-state index in [0.717, 1.165) is 12.8 Å². The molecule has 0 spiro atoms. The second kappa shape index (κ2) is 6.78. The minimum atomic E-state index is -1.04. The van der Waals surface area contributed by atoms with Gasteiger partial charge in [-0.1, -0.05) is 31.5 Å². The third-order valence-corrected chi connectivity index (χ3v) is 3.31. The highest BCUT2D eigenvalue weighted by molar-refractivity contribution is 6.34. The molecule has 0 aliphatic rings. The van der Waals surface area contributed by atoms with Crippen LogP contribution in [0.25, 0.3) is 0 Å². The summed E-state index contributed by atoms with van der Waals surface area (Å²) in [5, 5.41) is 21.4. The highest BCUT2D eigenvalue weighted by Gasteiger charge is 2.19. The van der Waals surface area contributed by atoms with Crippen LogP contribution in [0.2, 0.25) is 5.02 Å². The minimum absolute atomic E-state index is 0.0270. The van der Waals surface area contributed by atoms with Gasteiger partial charge < -0.3 is 15.5 Å². The fraction of sp³-hybridized carbons (Fsp3) is 0.500. The molecule has 0 bridgehead atoms. The molecule has 0 aliphatic heterocycles. The van der Waals surface area contributed by atoms with Crippen LogP contribution in [-0.4, -0.2) is 29.3 Å². The van der Waals surface area contributed by atoms with Gasteiger partial charge in [0.05, 0.1) is 10.7 Å². The minimum Gasteiger partial charge on any atom is -0.478 e. The molecule has 0 aromatic heterocycles. The predicted octanol–water partition coefficient (Wildman–Crippen LogP) is 3.25. The van der Waals surface area contributed by atoms with Crippen molar-refractivity contribution in [1.82, 2.24) is 0 Å². The number of nitrogens with one attached hydrogen (secondary N) is 1. The second-order valence-electron chi connectivity index (χ2n) is 5.31. The molecule has 0 radical (unpaired) electrons. The molecule has 1 aromatic rings. The topological polar surface area (TPSA) is 69.6 Å². The zero-order valence-corrected chi connectivity index (χ0v) is 12.0. The number of aromatic carboxylic acids is 1. The summed E-state index contributed by atoms with van der Waals surface area (Å²) in [7, 11) is 0. The molecule has 1 rings (SSSR count). The van der Waals surface area contributed by atoms with E-state index in [0.29, 0.717) is 12.2 Å². The van der Waals surface area contributed by atoms with E-state index < -0.39 is 5.97 Å². The second-order valence-corrected chi connectivity index (χ2v) is 5.72. The Kier molecular flexibility index (Phi) is 5.63. The first kappa shape index (κ1) is 15.8. The molecule has 0 saturated heterocycles. The summed E-state index contributed by atoms with van der Waals surface area (Å²) in [5.41, 5.74) is 0.597. The first-order valence-electron chi connectivity index (χ1n) is 6.24. The number of aliphatic hydroxyl groups excluding tert-OH is 1. The number of halogens is 1. The van der Waals surface area contributed by atoms with Crippen LogP contribution < -0.4 is 5.32 Å². The van der Waals surface area contributed by atoms with Gasteiger partial charge in [0.25, 0.3) is 0 Å². The van der Waals surface area contributed by atoms with Gasteiger partial charge in [-0.25, -0.2) is 4.79 Å². The average molecular weight is 286 g/mol. The normalized spacial score (nSPS) is 11.4. The van der Waals surface area contributed by atoms with Crippen LogP contribution >= 0.6 is 11.6 Å². The fourth-order valence-corrected chi connectivity index (χ4v) is 2.12. The Morgan fingerprint density at radius 1 is 1.42 bits per heavy atom. The number of rotatable bonds is 7. The molecule has 0 amide bonds. The van der Waals surface area contributed by atoms with Crippen molar-refractivity contribution < 1.29 is 15.0 Å². The van der Waals surface area contributed by atoms with Gasteiger partial charge in [-0.3, -0.25) is 0 Å². The lowest BCUT2D eigenvalue weighted by Gasteiger charge is -2.25. The summed E-state index contributed by atoms with van der Waals surface area (Å²) in [4.78, 5) is 11.2. The Balaban J connectivity index is 2.78. The molecule has 0 aliphatic carbocycles. The summed E-state index contributed by atoms with van der Waals surface area (Å²) in [6.07, 6.45) is 1.59. The van der Waals surface area contributed by atoms with E-state index in [4.69, 9.17) is 21.8 Å². The quantitative estimate of drug-likeness (QED) is 0.719. The van der Waals surface area contributed by atoms with Gasteiger partial charge in [0.15, 0.2) is 0 Å². The van der Waals surface area contributed by atoms with E-state index in [1.165, 1.54) is 0 Å². The van der Waals surface area contributed by atoms with Crippen molar-refractivity contribution in [2.24, 2.45) is 5.41 Å². The van der Waals surface area contributed by atoms with E-state index >= 15 is 0 Å². The van der Waals surface area contributed by atoms with Gasteiger partial charge >= 0.3 is 5.97 Å². The van der Waals surface area contributed by atoms with E-state index in [-0.39, 0.29) is 22.6 Å². The molecule has 0 heterocycles. The first-order chi connectivity index (χ1) is 8.87. The third kappa shape index (κ3) is 4.73. The summed E-state index contributed by atoms with van der Waals surface area (Å²) in [6, 6.07) is 4.99. The number of hydrogen-bond acceptors (Lipinski definition) is 3. The monoisotopic (exact) mass is 285 g/mol. The van der Waals surface area contributed by atoms with Crippen LogP contribution in [0.4, 0.5) is 5.69 Å². The van der Waals surface area contributed by atoms with Gasteiger partial charge in [0.1, 0.15) is 5.56 Å². The fourth-order valence-electron chi connectivity index (χ4n) is 1.87. The number of hydrogen-bond donors (Lipinski definition) is 3. The lowest BCUT2D eigenvalue weighted by atomic mass is 9.87. The van der Waals surface area contributed by atoms with Crippen molar-refractivity contribution in [3.8, 4) is 0 Å². The molecule has 0 saturated carbocycles. The number of benzene rings is 1. The molecule has 4 nitrogen and oxygen atoms in total. The molecule has 5 heteroatoms. The number of carboxylic acid groups (broad SMARTS) is 1. The average Bonchev–Trinajstić information content (AvgIpc) is 2.33. The van der Waals surface area contributed by atoms with Gasteiger partial charge in [0, 0.05) is 13.2 Å². The zero-order valence-electron chi connectivity index (χ0n) is 11.2. The summed E-state index contributed by atoms with van der Waals surface area (Å²) >= 11 is 5.90. The number of carbonyl (C=O) groups is 1. The van der Waals surface area contributed by atoms with Crippen LogP contribution in [-0.2, 0) is 0 Å². The van der Waals surface area contributed by atoms with Crippen molar-refractivity contribution >= 4 is 23.3 Å². The van der Waals surface area contributed by atoms with E-state index in [2.05, 4.69) is 19.2 Å². The highest BCUT2D eigenvalue weighted by Crippen LogP contribution is 2.27. The number of carboxylic acids is 1. The molecule has 0 unspecified atom stereocenters. The Bertz CT molecular complexity index is 446. The maximum absolute atomic E-state index is 11.2. The standard InChI is InChI=1S/C14H20ClNO3/c1-14(2,7-4-8-17)9-16-11-6-3-5-10(15)12(11)13(18)19/h3,5-6,16-17H,4,7-9H2,1-2H3,(H,18,19). The predicted molar refractivity (Wildman–Crippen MR) is 77.0 cm³/mol. The largest absolute Gasteiger partial charge is 0.478 e. The molecule has 19 heavy (non-hydrogen) atoms. The van der Waals surface area contributed by atoms with Crippen LogP contribution in [0.15, 0.2) is 18.2 Å². The Morgan fingerprint density at radius 2 is 2.11 bits per heavy atom. The molecule has 1 aromatic carbocycles. The Labute approximate surface area is 118 Å². The SMILES string of the molecule is CC(C)(CCCO)CNc1cccc(Cl)c1C(=O)O. The van der Waals surface area contributed by atoms with Gasteiger partial charge in [0.2, 0.25) is 0 Å². The van der Waals surface area contributed by atoms with Crippen molar-refractivity contribution in [2.75, 3.05) is 18.5 Å². The third-order valence-electron chi connectivity index (χ3n) is 3.00.